The van der Waals surface area contributed by atoms with Crippen LogP contribution < -0.4 is 5.32 Å². The van der Waals surface area contributed by atoms with Crippen molar-refractivity contribution in [3.05, 3.63) is 0 Å². The number of piperidine rings is 1. The van der Waals surface area contributed by atoms with Crippen LogP contribution in [0, 0.1) is 0 Å². The summed E-state index contributed by atoms with van der Waals surface area (Å²) in [5, 5.41) is 3.33. The van der Waals surface area contributed by atoms with Crippen molar-refractivity contribution >= 4 is 0 Å². The number of ether oxygens (including phenoxy) is 2. The first-order chi connectivity index (χ1) is 7.93. The largest absolute Gasteiger partial charge is 0.379 e. The van der Waals surface area contributed by atoms with E-state index in [1.807, 2.05) is 0 Å². The first-order valence-electron chi connectivity index (χ1n) is 6.83. The quantitative estimate of drug-likeness (QED) is 0.616. The molecule has 1 aliphatic heterocycles. The summed E-state index contributed by atoms with van der Waals surface area (Å²) in [6.45, 7) is 6.85. The third-order valence-electron chi connectivity index (χ3n) is 3.01. The maximum Gasteiger partial charge on any atom is 0.0704 e. The number of rotatable bonds is 9. The Hall–Kier alpha value is -0.120. The summed E-state index contributed by atoms with van der Waals surface area (Å²) in [6, 6.07) is 0. The van der Waals surface area contributed by atoms with Crippen molar-refractivity contribution in [1.82, 2.24) is 5.32 Å². The van der Waals surface area contributed by atoms with E-state index in [0.717, 1.165) is 45.8 Å². The molecule has 0 spiro atoms. The van der Waals surface area contributed by atoms with Crippen LogP contribution in [0.3, 0.4) is 0 Å². The van der Waals surface area contributed by atoms with E-state index in [1.54, 1.807) is 0 Å². The van der Waals surface area contributed by atoms with Gasteiger partial charge < -0.3 is 14.8 Å². The molecule has 0 aliphatic carbocycles. The zero-order valence-electron chi connectivity index (χ0n) is 10.7. The molecule has 0 aromatic rings. The Morgan fingerprint density at radius 2 is 1.81 bits per heavy atom. The number of hydrogen-bond acceptors (Lipinski definition) is 3. The minimum Gasteiger partial charge on any atom is -0.379 e. The molecule has 1 fully saturated rings. The third-order valence-corrected chi connectivity index (χ3v) is 3.01. The van der Waals surface area contributed by atoms with Gasteiger partial charge in [0.25, 0.3) is 0 Å². The molecule has 3 heteroatoms. The lowest BCUT2D eigenvalue weighted by Gasteiger charge is -2.22. The number of nitrogens with one attached hydrogen (secondary N) is 1. The van der Waals surface area contributed by atoms with Crippen molar-refractivity contribution in [3.63, 3.8) is 0 Å². The molecule has 1 aliphatic rings. The molecule has 0 saturated carbocycles. The van der Waals surface area contributed by atoms with E-state index >= 15 is 0 Å². The van der Waals surface area contributed by atoms with Gasteiger partial charge in [0.15, 0.2) is 0 Å². The summed E-state index contributed by atoms with van der Waals surface area (Å²) in [6.07, 6.45) is 7.87. The minimum atomic E-state index is 0.463. The summed E-state index contributed by atoms with van der Waals surface area (Å²) in [5.74, 6) is 0. The molecule has 1 saturated heterocycles. The molecular formula is C13H27NO2. The van der Waals surface area contributed by atoms with Gasteiger partial charge in [-0.3, -0.25) is 0 Å². The van der Waals surface area contributed by atoms with E-state index in [0.29, 0.717) is 6.10 Å². The molecule has 0 bridgehead atoms. The van der Waals surface area contributed by atoms with Crippen molar-refractivity contribution in [2.45, 2.75) is 51.6 Å². The second kappa shape index (κ2) is 10.1. The lowest BCUT2D eigenvalue weighted by atomic mass is 10.1. The van der Waals surface area contributed by atoms with Crippen LogP contribution in [0.4, 0.5) is 0 Å². The van der Waals surface area contributed by atoms with Gasteiger partial charge in [0.2, 0.25) is 0 Å². The van der Waals surface area contributed by atoms with Gasteiger partial charge in [0.1, 0.15) is 0 Å². The summed E-state index contributed by atoms with van der Waals surface area (Å²) >= 11 is 0. The molecule has 16 heavy (non-hydrogen) atoms. The zero-order valence-corrected chi connectivity index (χ0v) is 10.7. The van der Waals surface area contributed by atoms with Gasteiger partial charge in [-0.25, -0.2) is 0 Å². The molecule has 0 unspecified atom stereocenters. The molecule has 1 heterocycles. The van der Waals surface area contributed by atoms with Crippen molar-refractivity contribution in [2.24, 2.45) is 0 Å². The Balaban J connectivity index is 1.77. The van der Waals surface area contributed by atoms with Gasteiger partial charge in [0.05, 0.1) is 19.3 Å². The Labute approximate surface area is 99.9 Å². The third kappa shape index (κ3) is 7.20. The van der Waals surface area contributed by atoms with Gasteiger partial charge in [-0.2, -0.15) is 0 Å². The van der Waals surface area contributed by atoms with E-state index in [-0.39, 0.29) is 0 Å². The van der Waals surface area contributed by atoms with E-state index in [1.165, 1.54) is 25.7 Å². The Morgan fingerprint density at radius 3 is 2.56 bits per heavy atom. The second-order valence-electron chi connectivity index (χ2n) is 4.49. The van der Waals surface area contributed by atoms with Crippen molar-refractivity contribution < 1.29 is 9.47 Å². The molecule has 0 radical (unpaired) electrons. The highest BCUT2D eigenvalue weighted by Crippen LogP contribution is 2.06. The average molecular weight is 229 g/mol. The number of unbranched alkanes of at least 4 members (excludes halogenated alkanes) is 3. The summed E-state index contributed by atoms with van der Waals surface area (Å²) in [4.78, 5) is 0. The van der Waals surface area contributed by atoms with Crippen LogP contribution in [0.5, 0.6) is 0 Å². The van der Waals surface area contributed by atoms with Crippen LogP contribution >= 0.6 is 0 Å². The van der Waals surface area contributed by atoms with Crippen LogP contribution in [0.15, 0.2) is 0 Å². The highest BCUT2D eigenvalue weighted by molar-refractivity contribution is 4.67. The van der Waals surface area contributed by atoms with Crippen LogP contribution in [0.25, 0.3) is 0 Å². The maximum absolute atomic E-state index is 5.75. The molecule has 3 nitrogen and oxygen atoms in total. The predicted octanol–water partition coefficient (Wildman–Crippen LogP) is 2.35. The maximum atomic E-state index is 5.75. The molecule has 0 aromatic carbocycles. The monoisotopic (exact) mass is 229 g/mol. The minimum absolute atomic E-state index is 0.463. The van der Waals surface area contributed by atoms with E-state index < -0.39 is 0 Å². The molecule has 0 aromatic heterocycles. The molecule has 1 N–H and O–H groups in total. The summed E-state index contributed by atoms with van der Waals surface area (Å²) in [5.41, 5.74) is 0. The van der Waals surface area contributed by atoms with E-state index in [2.05, 4.69) is 12.2 Å². The Morgan fingerprint density at radius 1 is 1.00 bits per heavy atom. The number of hydrogen-bond donors (Lipinski definition) is 1. The first kappa shape index (κ1) is 13.9. The van der Waals surface area contributed by atoms with Crippen LogP contribution in [0.2, 0.25) is 0 Å². The fourth-order valence-electron chi connectivity index (χ4n) is 1.97. The first-order valence-corrected chi connectivity index (χ1v) is 6.83. The summed E-state index contributed by atoms with van der Waals surface area (Å²) in [7, 11) is 0. The van der Waals surface area contributed by atoms with Gasteiger partial charge >= 0.3 is 0 Å². The van der Waals surface area contributed by atoms with Crippen molar-refractivity contribution in [3.8, 4) is 0 Å². The Bertz CT molecular complexity index is 147. The molecular weight excluding hydrogens is 202 g/mol. The van der Waals surface area contributed by atoms with Crippen LogP contribution in [-0.2, 0) is 9.47 Å². The van der Waals surface area contributed by atoms with Crippen molar-refractivity contribution in [2.75, 3.05) is 32.9 Å². The fourth-order valence-corrected chi connectivity index (χ4v) is 1.97. The highest BCUT2D eigenvalue weighted by atomic mass is 16.5. The average Bonchev–Trinajstić information content (AvgIpc) is 2.34. The van der Waals surface area contributed by atoms with Gasteiger partial charge in [0, 0.05) is 6.61 Å². The lowest BCUT2D eigenvalue weighted by molar-refractivity contribution is -0.00771. The van der Waals surface area contributed by atoms with Crippen molar-refractivity contribution in [1.29, 1.82) is 0 Å². The van der Waals surface area contributed by atoms with E-state index in [9.17, 15) is 0 Å². The predicted molar refractivity (Wildman–Crippen MR) is 66.8 cm³/mol. The molecule has 0 atom stereocenters. The molecule has 0 amide bonds. The van der Waals surface area contributed by atoms with Gasteiger partial charge in [-0.05, 0) is 32.4 Å². The molecule has 96 valence electrons. The smallest absolute Gasteiger partial charge is 0.0704 e. The Kier molecular flexibility index (Phi) is 8.77. The van der Waals surface area contributed by atoms with Crippen LogP contribution in [0.1, 0.15) is 45.4 Å². The SMILES string of the molecule is CCCCCCOCCOC1CCNCC1. The molecule has 1 rings (SSSR count). The van der Waals surface area contributed by atoms with Crippen LogP contribution in [-0.4, -0.2) is 39.0 Å². The summed E-state index contributed by atoms with van der Waals surface area (Å²) < 4.78 is 11.3. The highest BCUT2D eigenvalue weighted by Gasteiger charge is 2.12. The van der Waals surface area contributed by atoms with Gasteiger partial charge in [-0.15, -0.1) is 0 Å². The zero-order chi connectivity index (χ0) is 11.5. The standard InChI is InChI=1S/C13H27NO2/c1-2-3-4-5-10-15-11-12-16-13-6-8-14-9-7-13/h13-14H,2-12H2,1H3. The van der Waals surface area contributed by atoms with E-state index in [4.69, 9.17) is 9.47 Å². The second-order valence-corrected chi connectivity index (χ2v) is 4.49. The normalized spacial score (nSPS) is 17.8. The fraction of sp³-hybridized carbons (Fsp3) is 1.00. The van der Waals surface area contributed by atoms with Gasteiger partial charge in [-0.1, -0.05) is 26.2 Å². The lowest BCUT2D eigenvalue weighted by Crippen LogP contribution is -2.33. The topological polar surface area (TPSA) is 30.5 Å².